The van der Waals surface area contributed by atoms with E-state index >= 15 is 0 Å². The molecule has 2 rings (SSSR count). The molecule has 0 aliphatic rings. The molecule has 0 atom stereocenters. The summed E-state index contributed by atoms with van der Waals surface area (Å²) in [5, 5.41) is 1.09. The Bertz CT molecular complexity index is 400. The number of carbonyl (C=O) groups is 1. The summed E-state index contributed by atoms with van der Waals surface area (Å²) < 4.78 is 0. The van der Waals surface area contributed by atoms with E-state index in [0.29, 0.717) is 5.69 Å². The molecule has 1 heterocycles. The second-order valence-electron chi connectivity index (χ2n) is 2.83. The van der Waals surface area contributed by atoms with Crippen molar-refractivity contribution in [3.63, 3.8) is 0 Å². The van der Waals surface area contributed by atoms with Gasteiger partial charge in [0.05, 0.1) is 5.69 Å². The van der Waals surface area contributed by atoms with Gasteiger partial charge in [-0.2, -0.15) is 0 Å². The molecule has 2 aromatic rings. The highest BCUT2D eigenvalue weighted by Gasteiger charge is 2.02. The lowest BCUT2D eigenvalue weighted by Crippen LogP contribution is -1.96. The monoisotopic (exact) mass is 157 g/mol. The van der Waals surface area contributed by atoms with Gasteiger partial charge in [-0.15, -0.1) is 0 Å². The number of aromatic nitrogens is 1. The van der Waals surface area contributed by atoms with E-state index in [9.17, 15) is 4.79 Å². The third-order valence-corrected chi connectivity index (χ3v) is 1.91. The molecule has 0 unspecified atom stereocenters. The van der Waals surface area contributed by atoms with Crippen molar-refractivity contribution in [2.45, 2.75) is 0 Å². The van der Waals surface area contributed by atoms with Gasteiger partial charge in [0.1, 0.15) is 5.68 Å². The molecule has 2 nitrogen and oxygen atoms in total. The summed E-state index contributed by atoms with van der Waals surface area (Å²) in [5.41, 5.74) is 1.77. The van der Waals surface area contributed by atoms with Crippen LogP contribution in [0.4, 0.5) is 0 Å². The van der Waals surface area contributed by atoms with Crippen molar-refractivity contribution in [2.75, 3.05) is 0 Å². The predicted octanol–water partition coefficient (Wildman–Crippen LogP) is 0.941. The lowest BCUT2D eigenvalue weighted by Gasteiger charge is -1.85. The van der Waals surface area contributed by atoms with E-state index in [1.807, 2.05) is 30.3 Å². The van der Waals surface area contributed by atoms with Crippen LogP contribution < -0.4 is 0 Å². The zero-order valence-electron chi connectivity index (χ0n) is 6.79. The number of benzene rings is 1. The number of carbonyl (C=O) groups excluding carboxylic acids is 1. The zero-order chi connectivity index (χ0) is 8.55. The van der Waals surface area contributed by atoms with Crippen LogP contribution in [0.3, 0.4) is 0 Å². The molecule has 1 N–H and O–H groups in total. The van der Waals surface area contributed by atoms with E-state index in [-0.39, 0.29) is 5.68 Å². The van der Waals surface area contributed by atoms with Crippen LogP contribution >= 0.6 is 0 Å². The van der Waals surface area contributed by atoms with Gasteiger partial charge in [0.25, 0.3) is 0 Å². The molecule has 0 amide bonds. The van der Waals surface area contributed by atoms with Crippen LogP contribution in [0.1, 0.15) is 10.5 Å². The highest BCUT2D eigenvalue weighted by molar-refractivity contribution is 6.62. The molecule has 0 saturated heterocycles. The maximum atomic E-state index is 11.0. The van der Waals surface area contributed by atoms with Crippen molar-refractivity contribution in [2.24, 2.45) is 0 Å². The fourth-order valence-electron chi connectivity index (χ4n) is 1.26. The van der Waals surface area contributed by atoms with Crippen LogP contribution in [-0.4, -0.2) is 18.5 Å². The van der Waals surface area contributed by atoms with E-state index < -0.39 is 0 Å². The summed E-state index contributed by atoms with van der Waals surface area (Å²) >= 11 is 0. The quantitative estimate of drug-likeness (QED) is 0.614. The third kappa shape index (κ3) is 1.03. The van der Waals surface area contributed by atoms with Crippen LogP contribution in [0.15, 0.2) is 30.3 Å². The minimum atomic E-state index is 0.0752. The number of hydrogen-bond donors (Lipinski definition) is 1. The summed E-state index contributed by atoms with van der Waals surface area (Å²) in [7, 11) is 1.56. The maximum Gasteiger partial charge on any atom is 0.195 e. The Morgan fingerprint density at radius 1 is 1.33 bits per heavy atom. The fraction of sp³-hybridized carbons (Fsp3) is 0. The van der Waals surface area contributed by atoms with Crippen molar-refractivity contribution in [1.82, 2.24) is 4.98 Å². The summed E-state index contributed by atoms with van der Waals surface area (Å²) in [6, 6.07) is 9.72. The molecular formula is C9H8BNO. The maximum absolute atomic E-state index is 11.0. The van der Waals surface area contributed by atoms with E-state index in [4.69, 9.17) is 0 Å². The Hall–Kier alpha value is -1.51. The number of aromatic amines is 1. The van der Waals surface area contributed by atoms with E-state index in [1.54, 1.807) is 7.85 Å². The van der Waals surface area contributed by atoms with Crippen LogP contribution in [0.2, 0.25) is 0 Å². The number of H-pyrrole nitrogens is 1. The highest BCUT2D eigenvalue weighted by atomic mass is 16.1. The van der Waals surface area contributed by atoms with Crippen LogP contribution in [0, 0.1) is 0 Å². The summed E-state index contributed by atoms with van der Waals surface area (Å²) in [5.74, 6) is 0. The molecule has 0 fully saturated rings. The average molecular weight is 157 g/mol. The second-order valence-corrected chi connectivity index (χ2v) is 2.83. The molecular weight excluding hydrogens is 149 g/mol. The lowest BCUT2D eigenvalue weighted by molar-refractivity contribution is 0.107. The molecule has 0 spiro atoms. The molecule has 1 aromatic heterocycles. The molecule has 0 saturated carbocycles. The number of rotatable bonds is 1. The Balaban J connectivity index is 2.70. The van der Waals surface area contributed by atoms with Gasteiger partial charge in [0, 0.05) is 10.9 Å². The largest absolute Gasteiger partial charge is 0.353 e. The first-order valence-electron chi connectivity index (χ1n) is 3.86. The van der Waals surface area contributed by atoms with Crippen molar-refractivity contribution < 1.29 is 4.79 Å². The molecule has 12 heavy (non-hydrogen) atoms. The second kappa shape index (κ2) is 2.52. The zero-order valence-corrected chi connectivity index (χ0v) is 6.79. The van der Waals surface area contributed by atoms with Gasteiger partial charge in [-0.05, 0) is 12.1 Å². The highest BCUT2D eigenvalue weighted by Crippen LogP contribution is 2.13. The van der Waals surface area contributed by atoms with Crippen LogP contribution in [0.5, 0.6) is 0 Å². The van der Waals surface area contributed by atoms with Gasteiger partial charge in [0.15, 0.2) is 7.85 Å². The van der Waals surface area contributed by atoms with Gasteiger partial charge in [0.2, 0.25) is 0 Å². The van der Waals surface area contributed by atoms with Gasteiger partial charge in [-0.1, -0.05) is 18.2 Å². The topological polar surface area (TPSA) is 32.9 Å². The van der Waals surface area contributed by atoms with Crippen LogP contribution in [0.25, 0.3) is 10.9 Å². The smallest absolute Gasteiger partial charge is 0.195 e. The third-order valence-electron chi connectivity index (χ3n) is 1.91. The molecule has 1 aromatic carbocycles. The molecule has 0 radical (unpaired) electrons. The standard InChI is InChI=1S/C9H8BNO/c10-9(12)8-5-6-3-1-2-4-7(6)11-8/h1-5,11H,10H2. The van der Waals surface area contributed by atoms with Crippen LogP contribution in [-0.2, 0) is 0 Å². The predicted molar refractivity (Wildman–Crippen MR) is 51.2 cm³/mol. The lowest BCUT2D eigenvalue weighted by atomic mass is 10.00. The van der Waals surface area contributed by atoms with E-state index in [2.05, 4.69) is 4.98 Å². The van der Waals surface area contributed by atoms with Crippen molar-refractivity contribution >= 4 is 24.4 Å². The average Bonchev–Trinajstić information content (AvgIpc) is 2.46. The van der Waals surface area contributed by atoms with Gasteiger partial charge < -0.3 is 9.78 Å². The summed E-state index contributed by atoms with van der Waals surface area (Å²) in [6.45, 7) is 0. The van der Waals surface area contributed by atoms with E-state index in [0.717, 1.165) is 10.9 Å². The molecule has 0 aliphatic carbocycles. The number of para-hydroxylation sites is 1. The molecule has 3 heteroatoms. The Morgan fingerprint density at radius 2 is 2.08 bits per heavy atom. The fourth-order valence-corrected chi connectivity index (χ4v) is 1.26. The first kappa shape index (κ1) is 7.16. The number of nitrogens with one attached hydrogen (secondary N) is 1. The van der Waals surface area contributed by atoms with Gasteiger partial charge in [-0.3, -0.25) is 0 Å². The molecule has 0 bridgehead atoms. The number of fused-ring (bicyclic) bond motifs is 1. The minimum Gasteiger partial charge on any atom is -0.353 e. The van der Waals surface area contributed by atoms with E-state index in [1.165, 1.54) is 0 Å². The summed E-state index contributed by atoms with van der Waals surface area (Å²) in [4.78, 5) is 14.0. The SMILES string of the molecule is BC(=O)c1cc2ccccc2[nH]1. The molecule has 0 aliphatic heterocycles. The van der Waals surface area contributed by atoms with Gasteiger partial charge >= 0.3 is 0 Å². The van der Waals surface area contributed by atoms with Crippen molar-refractivity contribution in [1.29, 1.82) is 0 Å². The Morgan fingerprint density at radius 3 is 2.75 bits per heavy atom. The molecule has 58 valence electrons. The van der Waals surface area contributed by atoms with Crippen molar-refractivity contribution in [3.8, 4) is 0 Å². The Kier molecular flexibility index (Phi) is 1.50. The number of hydrogen-bond acceptors (Lipinski definition) is 1. The Labute approximate surface area is 71.0 Å². The first-order chi connectivity index (χ1) is 5.77. The van der Waals surface area contributed by atoms with Gasteiger partial charge in [-0.25, -0.2) is 0 Å². The first-order valence-corrected chi connectivity index (χ1v) is 3.86. The normalized spacial score (nSPS) is 10.3. The summed E-state index contributed by atoms with van der Waals surface area (Å²) in [6.07, 6.45) is 0. The minimum absolute atomic E-state index is 0.0752. The van der Waals surface area contributed by atoms with Crippen molar-refractivity contribution in [3.05, 3.63) is 36.0 Å².